The van der Waals surface area contributed by atoms with E-state index in [1.165, 1.54) is 180 Å². The van der Waals surface area contributed by atoms with Gasteiger partial charge in [-0.15, -0.1) is 0 Å². The highest BCUT2D eigenvalue weighted by atomic mass is 16.6. The Bertz CT molecular complexity index is 1660. The molecule has 0 aromatic carbocycles. The van der Waals surface area contributed by atoms with Crippen molar-refractivity contribution in [1.29, 1.82) is 0 Å². The zero-order valence-electron chi connectivity index (χ0n) is 54.7. The lowest BCUT2D eigenvalue weighted by atomic mass is 10.0. The number of esters is 3. The van der Waals surface area contributed by atoms with Gasteiger partial charge in [-0.2, -0.15) is 0 Å². The van der Waals surface area contributed by atoms with E-state index in [-0.39, 0.29) is 37.5 Å². The summed E-state index contributed by atoms with van der Waals surface area (Å²) in [5, 5.41) is 0. The highest BCUT2D eigenvalue weighted by Crippen LogP contribution is 2.17. The SMILES string of the molecule is CC/C=C\C/C=C\C/C=C\C/C=C\C/C=C\CCCCCC(=O)OC(COC(=O)CCCCCCCCC/C=C\C/C=C\C/C=C\CC)COC(=O)CCCCCCCCCCCCCCCCCCC/C=C\CCCCCCCCCC. The number of rotatable bonds is 64. The summed E-state index contributed by atoms with van der Waals surface area (Å²) >= 11 is 0. The van der Waals surface area contributed by atoms with Gasteiger partial charge in [0.2, 0.25) is 0 Å². The Balaban J connectivity index is 4.32. The van der Waals surface area contributed by atoms with Crippen molar-refractivity contribution in [2.75, 3.05) is 13.2 Å². The van der Waals surface area contributed by atoms with E-state index >= 15 is 0 Å². The van der Waals surface area contributed by atoms with Crippen LogP contribution in [0.4, 0.5) is 0 Å². The van der Waals surface area contributed by atoms with Crippen LogP contribution in [0.2, 0.25) is 0 Å². The second-order valence-electron chi connectivity index (χ2n) is 23.4. The number of hydrogen-bond acceptors (Lipinski definition) is 6. The third-order valence-electron chi connectivity index (χ3n) is 15.2. The first-order chi connectivity index (χ1) is 41.0. The summed E-state index contributed by atoms with van der Waals surface area (Å²) in [7, 11) is 0. The van der Waals surface area contributed by atoms with Crippen LogP contribution < -0.4 is 0 Å². The summed E-state index contributed by atoms with van der Waals surface area (Å²) in [6, 6.07) is 0. The highest BCUT2D eigenvalue weighted by molar-refractivity contribution is 5.71. The Morgan fingerprint density at radius 3 is 0.759 bits per heavy atom. The Morgan fingerprint density at radius 1 is 0.253 bits per heavy atom. The fourth-order valence-corrected chi connectivity index (χ4v) is 10.0. The van der Waals surface area contributed by atoms with Gasteiger partial charge in [-0.25, -0.2) is 0 Å². The van der Waals surface area contributed by atoms with Gasteiger partial charge < -0.3 is 14.2 Å². The first-order valence-electron chi connectivity index (χ1n) is 35.4. The summed E-state index contributed by atoms with van der Waals surface area (Å²) in [6.45, 7) is 6.42. The second-order valence-corrected chi connectivity index (χ2v) is 23.4. The molecule has 0 heterocycles. The van der Waals surface area contributed by atoms with E-state index < -0.39 is 6.10 Å². The number of unbranched alkanes of at least 4 members (excludes halogenated alkanes) is 35. The second kappa shape index (κ2) is 70.6. The molecule has 0 aromatic rings. The average Bonchev–Trinajstić information content (AvgIpc) is 3.49. The predicted molar refractivity (Wildman–Crippen MR) is 362 cm³/mol. The molecule has 0 aliphatic carbocycles. The van der Waals surface area contributed by atoms with E-state index in [1.54, 1.807) is 0 Å². The van der Waals surface area contributed by atoms with Crippen LogP contribution in [0.1, 0.15) is 342 Å². The number of carbonyl (C=O) groups excluding carboxylic acids is 3. The minimum Gasteiger partial charge on any atom is -0.462 e. The lowest BCUT2D eigenvalue weighted by Gasteiger charge is -2.18. The average molecular weight is 1150 g/mol. The molecular weight excluding hydrogens is 1020 g/mol. The van der Waals surface area contributed by atoms with Gasteiger partial charge >= 0.3 is 17.9 Å². The number of allylic oxidation sites excluding steroid dienone is 18. The molecule has 0 aliphatic heterocycles. The molecule has 0 fully saturated rings. The van der Waals surface area contributed by atoms with Gasteiger partial charge in [0.1, 0.15) is 13.2 Å². The van der Waals surface area contributed by atoms with Crippen LogP contribution in [0.3, 0.4) is 0 Å². The Morgan fingerprint density at radius 2 is 0.470 bits per heavy atom. The molecule has 476 valence electrons. The number of carbonyl (C=O) groups is 3. The van der Waals surface area contributed by atoms with Gasteiger partial charge in [-0.1, -0.05) is 310 Å². The largest absolute Gasteiger partial charge is 0.462 e. The molecule has 6 nitrogen and oxygen atoms in total. The molecule has 0 amide bonds. The van der Waals surface area contributed by atoms with E-state index in [1.807, 2.05) is 0 Å². The summed E-state index contributed by atoms with van der Waals surface area (Å²) < 4.78 is 17.0. The van der Waals surface area contributed by atoms with Crippen molar-refractivity contribution in [3.63, 3.8) is 0 Å². The zero-order valence-corrected chi connectivity index (χ0v) is 54.7. The van der Waals surface area contributed by atoms with E-state index in [0.717, 1.165) is 122 Å². The minimum absolute atomic E-state index is 0.0938. The van der Waals surface area contributed by atoms with E-state index in [2.05, 4.69) is 130 Å². The van der Waals surface area contributed by atoms with Crippen LogP contribution in [-0.4, -0.2) is 37.2 Å². The Kier molecular flexibility index (Phi) is 67.2. The molecule has 83 heavy (non-hydrogen) atoms. The standard InChI is InChI=1S/C77H132O6/c1-4-7-10-13-16-19-22-25-28-31-33-34-35-36-37-38-39-40-41-42-44-46-49-52-55-58-61-64-67-70-76(79)82-73-74(72-81-75(78)69-66-63-60-57-54-51-48-45-30-27-24-21-18-15-12-9-6-3)83-77(80)71-68-65-62-59-56-53-50-47-43-32-29-26-23-20-17-14-11-8-5-2/h8-9,11-12,17-18,20-21,26-27,29-31,33,43,47,53,56,74H,4-7,10,13-16,19,22-25,28,32,34-42,44-46,48-52,54-55,57-73H2,1-3H3/b11-8-,12-9-,20-17-,21-18-,29-26-,30-27-,33-31-,47-43-,56-53-. The molecule has 0 saturated heterocycles. The summed E-state index contributed by atoms with van der Waals surface area (Å²) in [6.07, 6.45) is 96.9. The van der Waals surface area contributed by atoms with Gasteiger partial charge in [-0.3, -0.25) is 14.4 Å². The van der Waals surface area contributed by atoms with Crippen molar-refractivity contribution in [1.82, 2.24) is 0 Å². The molecule has 6 heteroatoms. The summed E-state index contributed by atoms with van der Waals surface area (Å²) in [5.74, 6) is -0.924. The van der Waals surface area contributed by atoms with Crippen molar-refractivity contribution in [2.45, 2.75) is 348 Å². The van der Waals surface area contributed by atoms with Crippen LogP contribution in [0.25, 0.3) is 0 Å². The first-order valence-corrected chi connectivity index (χ1v) is 35.4. The van der Waals surface area contributed by atoms with Crippen LogP contribution in [0, 0.1) is 0 Å². The number of ether oxygens (including phenoxy) is 3. The Hall–Kier alpha value is -3.93. The van der Waals surface area contributed by atoms with Gasteiger partial charge in [0.25, 0.3) is 0 Å². The molecule has 0 bridgehead atoms. The molecule has 0 aliphatic rings. The predicted octanol–water partition coefficient (Wildman–Crippen LogP) is 24.6. The van der Waals surface area contributed by atoms with Gasteiger partial charge in [-0.05, 0) is 122 Å². The molecule has 1 unspecified atom stereocenters. The lowest BCUT2D eigenvalue weighted by molar-refractivity contribution is -0.167. The molecule has 0 aromatic heterocycles. The minimum atomic E-state index is -0.803. The number of hydrogen-bond donors (Lipinski definition) is 0. The fraction of sp³-hybridized carbons (Fsp3) is 0.727. The topological polar surface area (TPSA) is 78.9 Å². The lowest BCUT2D eigenvalue weighted by Crippen LogP contribution is -2.30. The quantitative estimate of drug-likeness (QED) is 0.0261. The summed E-state index contributed by atoms with van der Waals surface area (Å²) in [4.78, 5) is 38.4. The molecule has 0 saturated carbocycles. The molecule has 0 spiro atoms. The third-order valence-corrected chi connectivity index (χ3v) is 15.2. The Labute approximate surface area is 514 Å². The third kappa shape index (κ3) is 68.7. The summed E-state index contributed by atoms with van der Waals surface area (Å²) in [5.41, 5.74) is 0. The van der Waals surface area contributed by atoms with Crippen molar-refractivity contribution in [2.24, 2.45) is 0 Å². The van der Waals surface area contributed by atoms with Crippen LogP contribution in [0.15, 0.2) is 109 Å². The molecular formula is C77H132O6. The maximum absolute atomic E-state index is 12.9. The van der Waals surface area contributed by atoms with Gasteiger partial charge in [0, 0.05) is 19.3 Å². The van der Waals surface area contributed by atoms with Crippen molar-refractivity contribution in [3.8, 4) is 0 Å². The smallest absolute Gasteiger partial charge is 0.306 e. The van der Waals surface area contributed by atoms with Crippen LogP contribution in [-0.2, 0) is 28.6 Å². The van der Waals surface area contributed by atoms with Crippen molar-refractivity contribution < 1.29 is 28.6 Å². The fourth-order valence-electron chi connectivity index (χ4n) is 10.0. The van der Waals surface area contributed by atoms with Crippen LogP contribution in [0.5, 0.6) is 0 Å². The molecule has 1 atom stereocenters. The maximum atomic E-state index is 12.9. The normalized spacial score (nSPS) is 12.8. The monoisotopic (exact) mass is 1150 g/mol. The van der Waals surface area contributed by atoms with E-state index in [0.29, 0.717) is 12.8 Å². The van der Waals surface area contributed by atoms with Crippen molar-refractivity contribution >= 4 is 17.9 Å². The molecule has 0 radical (unpaired) electrons. The first kappa shape index (κ1) is 79.1. The molecule has 0 N–H and O–H groups in total. The molecule has 0 rings (SSSR count). The van der Waals surface area contributed by atoms with Crippen LogP contribution >= 0.6 is 0 Å². The van der Waals surface area contributed by atoms with Gasteiger partial charge in [0.15, 0.2) is 6.10 Å². The van der Waals surface area contributed by atoms with E-state index in [9.17, 15) is 14.4 Å². The van der Waals surface area contributed by atoms with Gasteiger partial charge in [0.05, 0.1) is 0 Å². The highest BCUT2D eigenvalue weighted by Gasteiger charge is 2.19. The van der Waals surface area contributed by atoms with E-state index in [4.69, 9.17) is 14.2 Å². The zero-order chi connectivity index (χ0) is 59.9. The van der Waals surface area contributed by atoms with Crippen molar-refractivity contribution in [3.05, 3.63) is 109 Å². The maximum Gasteiger partial charge on any atom is 0.306 e.